The van der Waals surface area contributed by atoms with Crippen LogP contribution in [0.5, 0.6) is 0 Å². The maximum Gasteiger partial charge on any atom is 0.424 e. The molecule has 0 aromatic heterocycles. The molecule has 1 N–H and O–H groups in total. The van der Waals surface area contributed by atoms with Crippen molar-refractivity contribution in [1.29, 1.82) is 0 Å². The molecule has 0 saturated carbocycles. The second kappa shape index (κ2) is 23.7. The average Bonchev–Trinajstić information content (AvgIpc) is 2.70. The van der Waals surface area contributed by atoms with Gasteiger partial charge in [-0.3, -0.25) is 4.98 Å². The van der Waals surface area contributed by atoms with Crippen molar-refractivity contribution < 1.29 is 8.85 Å². The zero-order valence-corrected chi connectivity index (χ0v) is 21.5. The van der Waals surface area contributed by atoms with Gasteiger partial charge in [0.2, 0.25) is 0 Å². The largest absolute Gasteiger partial charge is 0.424 e. The van der Waals surface area contributed by atoms with Gasteiger partial charge in [-0.05, 0) is 19.4 Å². The van der Waals surface area contributed by atoms with Crippen LogP contribution in [-0.2, 0) is 8.85 Å². The topological polar surface area (TPSA) is 30.5 Å². The lowest BCUT2D eigenvalue weighted by Crippen LogP contribution is -2.55. The van der Waals surface area contributed by atoms with E-state index in [2.05, 4.69) is 18.8 Å². The lowest BCUT2D eigenvalue weighted by atomic mass is 10.0. The standard InChI is InChI=1S/C23H51NO2Si.ClH/c1-5-7-8-9-10-11-12-13-14-15-16-17-18-19-20-21-23-27(25-3,26-4)24-22-6-2;/h24H,5-23H2,1-4H3;1H. The molecule has 3 nitrogen and oxygen atoms in total. The molecule has 0 heterocycles. The van der Waals surface area contributed by atoms with Gasteiger partial charge < -0.3 is 8.85 Å². The van der Waals surface area contributed by atoms with Crippen molar-refractivity contribution in [3.8, 4) is 0 Å². The molecule has 0 aliphatic rings. The van der Waals surface area contributed by atoms with E-state index in [9.17, 15) is 0 Å². The molecule has 0 rings (SSSR count). The maximum atomic E-state index is 5.72. The molecule has 0 aliphatic carbocycles. The van der Waals surface area contributed by atoms with Gasteiger partial charge in [0.05, 0.1) is 0 Å². The third-order valence-corrected chi connectivity index (χ3v) is 8.78. The SMILES string of the molecule is CCCCCCCCCCCCCCCCCC[Si](NCCC)(OC)OC.Cl. The van der Waals surface area contributed by atoms with Gasteiger partial charge in [-0.2, -0.15) is 0 Å². The molecule has 28 heavy (non-hydrogen) atoms. The average molecular weight is 438 g/mol. The highest BCUT2D eigenvalue weighted by molar-refractivity contribution is 6.64. The zero-order chi connectivity index (χ0) is 20.1. The molecule has 0 aromatic rings. The van der Waals surface area contributed by atoms with Gasteiger partial charge in [-0.1, -0.05) is 110 Å². The minimum Gasteiger partial charge on any atom is -0.386 e. The second-order valence-corrected chi connectivity index (χ2v) is 11.3. The zero-order valence-electron chi connectivity index (χ0n) is 19.7. The van der Waals surface area contributed by atoms with E-state index in [-0.39, 0.29) is 12.4 Å². The molecule has 0 spiro atoms. The van der Waals surface area contributed by atoms with Crippen LogP contribution in [0, 0.1) is 0 Å². The fraction of sp³-hybridized carbons (Fsp3) is 1.00. The summed E-state index contributed by atoms with van der Waals surface area (Å²) in [5, 5.41) is 0. The Morgan fingerprint density at radius 3 is 1.21 bits per heavy atom. The summed E-state index contributed by atoms with van der Waals surface area (Å²) in [5.74, 6) is 0. The Bertz CT molecular complexity index is 292. The molecular formula is C23H52ClNO2Si. The maximum absolute atomic E-state index is 5.72. The number of rotatable bonds is 22. The summed E-state index contributed by atoms with van der Waals surface area (Å²) in [4.78, 5) is 3.53. The molecule has 5 heteroatoms. The van der Waals surface area contributed by atoms with Crippen molar-refractivity contribution in [2.24, 2.45) is 0 Å². The van der Waals surface area contributed by atoms with Crippen LogP contribution < -0.4 is 4.98 Å². The van der Waals surface area contributed by atoms with Gasteiger partial charge in [-0.15, -0.1) is 12.4 Å². The van der Waals surface area contributed by atoms with Crippen LogP contribution in [0.3, 0.4) is 0 Å². The predicted octanol–water partition coefficient (Wildman–Crippen LogP) is 7.90. The van der Waals surface area contributed by atoms with E-state index >= 15 is 0 Å². The highest BCUT2D eigenvalue weighted by Gasteiger charge is 2.34. The first-order valence-electron chi connectivity index (χ1n) is 12.1. The van der Waals surface area contributed by atoms with Crippen molar-refractivity contribution in [3.05, 3.63) is 0 Å². The Morgan fingerprint density at radius 2 is 0.893 bits per heavy atom. The molecule has 0 unspecified atom stereocenters. The highest BCUT2D eigenvalue weighted by atomic mass is 35.5. The summed E-state index contributed by atoms with van der Waals surface area (Å²) >= 11 is 0. The minimum atomic E-state index is -2.12. The van der Waals surface area contributed by atoms with E-state index in [1.165, 1.54) is 103 Å². The first kappa shape index (κ1) is 30.6. The van der Waals surface area contributed by atoms with Crippen molar-refractivity contribution in [3.63, 3.8) is 0 Å². The molecule has 172 valence electrons. The molecule has 0 radical (unpaired) electrons. The monoisotopic (exact) mass is 437 g/mol. The van der Waals surface area contributed by atoms with Gasteiger partial charge in [0, 0.05) is 20.3 Å². The molecular weight excluding hydrogens is 386 g/mol. The Balaban J connectivity index is 0. The number of unbranched alkanes of at least 4 members (excludes halogenated alkanes) is 15. The van der Waals surface area contributed by atoms with Crippen molar-refractivity contribution in [2.75, 3.05) is 20.8 Å². The summed E-state index contributed by atoms with van der Waals surface area (Å²) in [6.07, 6.45) is 23.7. The molecule has 0 amide bonds. The molecule has 0 atom stereocenters. The van der Waals surface area contributed by atoms with Crippen LogP contribution in [-0.4, -0.2) is 29.5 Å². The van der Waals surface area contributed by atoms with Crippen LogP contribution >= 0.6 is 12.4 Å². The van der Waals surface area contributed by atoms with Crippen molar-refractivity contribution >= 4 is 21.1 Å². The molecule has 0 aromatic carbocycles. The third kappa shape index (κ3) is 18.4. The lowest BCUT2D eigenvalue weighted by Gasteiger charge is -2.27. The summed E-state index contributed by atoms with van der Waals surface area (Å²) < 4.78 is 11.4. The molecule has 0 saturated heterocycles. The van der Waals surface area contributed by atoms with Crippen LogP contribution in [0.1, 0.15) is 123 Å². The van der Waals surface area contributed by atoms with E-state index in [1.54, 1.807) is 14.2 Å². The lowest BCUT2D eigenvalue weighted by molar-refractivity contribution is 0.226. The Labute approximate surface area is 184 Å². The van der Waals surface area contributed by atoms with Crippen LogP contribution in [0.4, 0.5) is 0 Å². The number of nitrogens with one attached hydrogen (secondary N) is 1. The van der Waals surface area contributed by atoms with Crippen LogP contribution in [0.2, 0.25) is 6.04 Å². The molecule has 0 bridgehead atoms. The highest BCUT2D eigenvalue weighted by Crippen LogP contribution is 2.17. The molecule has 0 fully saturated rings. The van der Waals surface area contributed by atoms with E-state index in [0.29, 0.717) is 0 Å². The summed E-state index contributed by atoms with van der Waals surface area (Å²) in [7, 11) is 1.47. The van der Waals surface area contributed by atoms with Gasteiger partial charge in [-0.25, -0.2) is 0 Å². The van der Waals surface area contributed by atoms with Crippen LogP contribution in [0.15, 0.2) is 0 Å². The minimum absolute atomic E-state index is 0. The number of hydrogen-bond acceptors (Lipinski definition) is 3. The van der Waals surface area contributed by atoms with Gasteiger partial charge >= 0.3 is 8.72 Å². The van der Waals surface area contributed by atoms with Crippen molar-refractivity contribution in [2.45, 2.75) is 129 Å². The van der Waals surface area contributed by atoms with E-state index in [4.69, 9.17) is 8.85 Å². The van der Waals surface area contributed by atoms with Crippen molar-refractivity contribution in [1.82, 2.24) is 4.98 Å². The smallest absolute Gasteiger partial charge is 0.386 e. The fourth-order valence-corrected chi connectivity index (χ4v) is 6.13. The summed E-state index contributed by atoms with van der Waals surface area (Å²) in [5.41, 5.74) is 0. The first-order valence-corrected chi connectivity index (χ1v) is 14.1. The first-order chi connectivity index (χ1) is 13.2. The van der Waals surface area contributed by atoms with Crippen LogP contribution in [0.25, 0.3) is 0 Å². The number of halogens is 1. The summed E-state index contributed by atoms with van der Waals surface area (Å²) in [6.45, 7) is 5.47. The number of hydrogen-bond donors (Lipinski definition) is 1. The van der Waals surface area contributed by atoms with E-state index in [1.807, 2.05) is 0 Å². The normalized spacial score (nSPS) is 11.6. The second-order valence-electron chi connectivity index (χ2n) is 8.14. The Kier molecular flexibility index (Phi) is 25.8. The predicted molar refractivity (Wildman–Crippen MR) is 130 cm³/mol. The Morgan fingerprint density at radius 1 is 0.536 bits per heavy atom. The molecule has 0 aliphatic heterocycles. The fourth-order valence-electron chi connectivity index (χ4n) is 3.74. The Hall–Kier alpha value is 0.387. The van der Waals surface area contributed by atoms with Gasteiger partial charge in [0.15, 0.2) is 0 Å². The van der Waals surface area contributed by atoms with E-state index in [0.717, 1.165) is 19.0 Å². The third-order valence-electron chi connectivity index (χ3n) is 5.66. The summed E-state index contributed by atoms with van der Waals surface area (Å²) in [6, 6.07) is 1.07. The van der Waals surface area contributed by atoms with Gasteiger partial charge in [0.25, 0.3) is 0 Å². The van der Waals surface area contributed by atoms with Gasteiger partial charge in [0.1, 0.15) is 0 Å². The quantitative estimate of drug-likeness (QED) is 0.138. The van der Waals surface area contributed by atoms with E-state index < -0.39 is 8.72 Å².